The summed E-state index contributed by atoms with van der Waals surface area (Å²) in [6.45, 7) is 4.40. The average molecular weight is 376 g/mol. The first kappa shape index (κ1) is 18.9. The lowest BCUT2D eigenvalue weighted by atomic mass is 9.44. The molecule has 0 aromatic carbocycles. The van der Waals surface area contributed by atoms with Crippen LogP contribution in [0.4, 0.5) is 0 Å². The Hall–Kier alpha value is -1.43. The molecule has 0 aromatic heterocycles. The molecule has 0 spiro atoms. The van der Waals surface area contributed by atoms with Gasteiger partial charge in [0, 0.05) is 17.8 Å². The second kappa shape index (κ2) is 6.57. The molecular weight excluding hydrogens is 344 g/mol. The number of oxime groups is 1. The number of hydrogen-bond donors (Lipinski definition) is 2. The third-order valence-corrected chi connectivity index (χ3v) is 8.73. The van der Waals surface area contributed by atoms with Gasteiger partial charge in [0.15, 0.2) is 0 Å². The quantitative estimate of drug-likeness (QED) is 0.438. The van der Waals surface area contributed by atoms with Crippen LogP contribution in [-0.2, 0) is 14.3 Å². The maximum atomic E-state index is 12.6. The zero-order valence-electron chi connectivity index (χ0n) is 16.4. The maximum Gasteiger partial charge on any atom is 0.319 e. The highest BCUT2D eigenvalue weighted by Crippen LogP contribution is 2.64. The van der Waals surface area contributed by atoms with E-state index in [0.717, 1.165) is 44.2 Å². The van der Waals surface area contributed by atoms with E-state index in [2.05, 4.69) is 19.0 Å². The lowest BCUT2D eigenvalue weighted by molar-refractivity contribution is -0.154. The Morgan fingerprint density at radius 3 is 2.74 bits per heavy atom. The molecule has 6 heteroatoms. The smallest absolute Gasteiger partial charge is 0.319 e. The van der Waals surface area contributed by atoms with E-state index < -0.39 is 0 Å². The highest BCUT2D eigenvalue weighted by atomic mass is 16.5. The minimum Gasteiger partial charge on any atom is -0.461 e. The van der Waals surface area contributed by atoms with Crippen molar-refractivity contribution in [2.24, 2.45) is 45.4 Å². The number of rotatable bonds is 2. The van der Waals surface area contributed by atoms with E-state index in [9.17, 15) is 14.8 Å². The molecule has 4 aliphatic carbocycles. The fraction of sp³-hybridized carbons (Fsp3) is 0.857. The second-order valence-electron chi connectivity index (χ2n) is 9.74. The number of ether oxygens (including phenoxy) is 1. The monoisotopic (exact) mass is 376 g/mol. The molecule has 0 bridgehead atoms. The van der Waals surface area contributed by atoms with Gasteiger partial charge in [0.2, 0.25) is 0 Å². The van der Waals surface area contributed by atoms with Gasteiger partial charge in [0.25, 0.3) is 0 Å². The Balaban J connectivity index is 1.61. The molecule has 0 amide bonds. The van der Waals surface area contributed by atoms with Gasteiger partial charge in [0.1, 0.15) is 11.9 Å². The summed E-state index contributed by atoms with van der Waals surface area (Å²) in [7, 11) is 0. The Morgan fingerprint density at radius 1 is 1.26 bits per heavy atom. The van der Waals surface area contributed by atoms with Gasteiger partial charge in [-0.1, -0.05) is 19.0 Å². The van der Waals surface area contributed by atoms with E-state index in [1.165, 1.54) is 0 Å². The summed E-state index contributed by atoms with van der Waals surface area (Å²) in [5.74, 6) is 1.57. The molecule has 3 N–H and O–H groups in total. The molecule has 4 saturated carbocycles. The van der Waals surface area contributed by atoms with Gasteiger partial charge < -0.3 is 15.7 Å². The average Bonchev–Trinajstić information content (AvgIpc) is 2.96. The molecule has 4 fully saturated rings. The van der Waals surface area contributed by atoms with Crippen molar-refractivity contribution in [3.8, 4) is 0 Å². The van der Waals surface area contributed by atoms with E-state index in [1.807, 2.05) is 0 Å². The van der Waals surface area contributed by atoms with E-state index in [1.54, 1.807) is 0 Å². The molecule has 7 atom stereocenters. The van der Waals surface area contributed by atoms with Gasteiger partial charge in [-0.2, -0.15) is 0 Å². The summed E-state index contributed by atoms with van der Waals surface area (Å²) in [5.41, 5.74) is 6.10. The molecule has 27 heavy (non-hydrogen) atoms. The summed E-state index contributed by atoms with van der Waals surface area (Å²) >= 11 is 0. The van der Waals surface area contributed by atoms with E-state index in [-0.39, 0.29) is 35.4 Å². The van der Waals surface area contributed by atoms with Gasteiger partial charge in [0.05, 0.1) is 12.3 Å². The third kappa shape index (κ3) is 2.74. The van der Waals surface area contributed by atoms with Gasteiger partial charge in [-0.15, -0.1) is 0 Å². The second-order valence-corrected chi connectivity index (χ2v) is 9.74. The summed E-state index contributed by atoms with van der Waals surface area (Å²) in [6, 6.07) is 0. The SMILES string of the molecule is C[C@]12CCC(OC(=O)CN)CC1/C(=N\O)C[C@@H]1[C@H]2CC[C@]2(C)C(=O)CC[C@@H]12. The first-order valence-corrected chi connectivity index (χ1v) is 10.5. The molecule has 0 heterocycles. The number of carbonyl (C=O) groups is 2. The van der Waals surface area contributed by atoms with Crippen molar-refractivity contribution in [2.75, 3.05) is 6.54 Å². The van der Waals surface area contributed by atoms with Crippen LogP contribution in [0.2, 0.25) is 0 Å². The van der Waals surface area contributed by atoms with Gasteiger partial charge in [-0.25, -0.2) is 0 Å². The van der Waals surface area contributed by atoms with E-state index >= 15 is 0 Å². The maximum absolute atomic E-state index is 12.6. The molecular formula is C21H32N2O4. The molecule has 0 aliphatic heterocycles. The molecule has 0 radical (unpaired) electrons. The first-order chi connectivity index (χ1) is 12.8. The number of Topliss-reactive ketones (excluding diaryl/α,β-unsaturated/α-hetero) is 1. The zero-order chi connectivity index (χ0) is 19.4. The summed E-state index contributed by atoms with van der Waals surface area (Å²) in [6.07, 6.45) is 6.87. The Bertz CT molecular complexity index is 677. The van der Waals surface area contributed by atoms with Crippen LogP contribution in [0.15, 0.2) is 5.16 Å². The van der Waals surface area contributed by atoms with Crippen molar-refractivity contribution in [1.82, 2.24) is 0 Å². The highest BCUT2D eigenvalue weighted by molar-refractivity contribution is 5.90. The van der Waals surface area contributed by atoms with Crippen LogP contribution >= 0.6 is 0 Å². The highest BCUT2D eigenvalue weighted by Gasteiger charge is 2.62. The number of ketones is 1. The number of esters is 1. The molecule has 0 aromatic rings. The number of carbonyl (C=O) groups excluding carboxylic acids is 2. The number of nitrogens with zero attached hydrogens (tertiary/aromatic N) is 1. The van der Waals surface area contributed by atoms with Crippen molar-refractivity contribution < 1.29 is 19.5 Å². The molecule has 4 aliphatic rings. The fourth-order valence-corrected chi connectivity index (χ4v) is 7.25. The van der Waals surface area contributed by atoms with Crippen LogP contribution in [0.25, 0.3) is 0 Å². The van der Waals surface area contributed by atoms with Crippen molar-refractivity contribution in [2.45, 2.75) is 71.3 Å². The predicted octanol–water partition coefficient (Wildman–Crippen LogP) is 2.91. The van der Waals surface area contributed by atoms with Crippen molar-refractivity contribution >= 4 is 17.5 Å². The van der Waals surface area contributed by atoms with Crippen LogP contribution < -0.4 is 5.73 Å². The van der Waals surface area contributed by atoms with Gasteiger partial charge in [-0.05, 0) is 68.1 Å². The zero-order valence-corrected chi connectivity index (χ0v) is 16.4. The summed E-state index contributed by atoms with van der Waals surface area (Å²) < 4.78 is 5.52. The van der Waals surface area contributed by atoms with Gasteiger partial charge in [-0.3, -0.25) is 9.59 Å². The largest absolute Gasteiger partial charge is 0.461 e. The van der Waals surface area contributed by atoms with Crippen LogP contribution in [0.1, 0.15) is 65.2 Å². The van der Waals surface area contributed by atoms with Crippen molar-refractivity contribution in [1.29, 1.82) is 0 Å². The van der Waals surface area contributed by atoms with Crippen LogP contribution in [0.5, 0.6) is 0 Å². The molecule has 150 valence electrons. The first-order valence-electron chi connectivity index (χ1n) is 10.5. The third-order valence-electron chi connectivity index (χ3n) is 8.73. The number of nitrogens with two attached hydrogens (primary N) is 1. The van der Waals surface area contributed by atoms with Crippen LogP contribution in [0.3, 0.4) is 0 Å². The Labute approximate surface area is 160 Å². The van der Waals surface area contributed by atoms with Crippen LogP contribution in [0, 0.1) is 34.5 Å². The normalized spacial score (nSPS) is 47.9. The topological polar surface area (TPSA) is 102 Å². The molecule has 2 unspecified atom stereocenters. The molecule has 0 saturated heterocycles. The van der Waals surface area contributed by atoms with Gasteiger partial charge >= 0.3 is 5.97 Å². The lowest BCUT2D eigenvalue weighted by Gasteiger charge is -2.60. The Kier molecular flexibility index (Phi) is 4.60. The van der Waals surface area contributed by atoms with Crippen molar-refractivity contribution in [3.63, 3.8) is 0 Å². The minimum atomic E-state index is -0.363. The standard InChI is InChI=1S/C21H32N2O4/c1-20-7-5-12(27-19(25)11-22)9-16(20)17(23-26)10-13-14-3-4-18(24)21(14,2)8-6-15(13)20/h12-16,26H,3-11,22H2,1-2H3/b23-17-/t12?,13-,14-,15+,16?,20+,21-/m0/s1. The summed E-state index contributed by atoms with van der Waals surface area (Å²) in [5, 5.41) is 13.5. The molecule has 6 nitrogen and oxygen atoms in total. The lowest BCUT2D eigenvalue weighted by Crippen LogP contribution is -2.57. The number of fused-ring (bicyclic) bond motifs is 5. The van der Waals surface area contributed by atoms with Crippen molar-refractivity contribution in [3.05, 3.63) is 0 Å². The van der Waals surface area contributed by atoms with E-state index in [0.29, 0.717) is 36.4 Å². The Morgan fingerprint density at radius 2 is 2.04 bits per heavy atom. The minimum absolute atomic E-state index is 0.0447. The summed E-state index contributed by atoms with van der Waals surface area (Å²) in [4.78, 5) is 24.2. The molecule has 4 rings (SSSR count). The van der Waals surface area contributed by atoms with E-state index in [4.69, 9.17) is 10.5 Å². The fourth-order valence-electron chi connectivity index (χ4n) is 7.25. The number of hydrogen-bond acceptors (Lipinski definition) is 6. The van der Waals surface area contributed by atoms with Crippen LogP contribution in [-0.4, -0.2) is 35.3 Å². The predicted molar refractivity (Wildman–Crippen MR) is 100 cm³/mol.